The van der Waals surface area contributed by atoms with Gasteiger partial charge in [-0.25, -0.2) is 0 Å². The molecule has 0 radical (unpaired) electrons. The number of hydrogen-bond acceptors (Lipinski definition) is 3. The SMILES string of the molecule is CC(=O)C1C(N)C2OC1C1CCCC12. The predicted molar refractivity (Wildman–Crippen MR) is 51.6 cm³/mol. The summed E-state index contributed by atoms with van der Waals surface area (Å²) in [6.07, 6.45) is 4.12. The fourth-order valence-corrected chi connectivity index (χ4v) is 3.87. The molecule has 6 atom stereocenters. The number of ketones is 1. The quantitative estimate of drug-likeness (QED) is 0.670. The molecule has 2 N–H and O–H groups in total. The van der Waals surface area contributed by atoms with Gasteiger partial charge in [-0.05, 0) is 31.6 Å². The molecule has 2 aliphatic heterocycles. The molecule has 78 valence electrons. The minimum Gasteiger partial charge on any atom is -0.372 e. The van der Waals surface area contributed by atoms with Crippen LogP contribution in [0, 0.1) is 17.8 Å². The van der Waals surface area contributed by atoms with Gasteiger partial charge in [0.05, 0.1) is 18.1 Å². The van der Waals surface area contributed by atoms with Crippen molar-refractivity contribution < 1.29 is 9.53 Å². The van der Waals surface area contributed by atoms with E-state index < -0.39 is 0 Å². The van der Waals surface area contributed by atoms with Crippen LogP contribution < -0.4 is 5.73 Å². The largest absolute Gasteiger partial charge is 0.372 e. The van der Waals surface area contributed by atoms with E-state index in [4.69, 9.17) is 10.5 Å². The van der Waals surface area contributed by atoms with Crippen molar-refractivity contribution in [3.63, 3.8) is 0 Å². The van der Waals surface area contributed by atoms with Crippen LogP contribution in [0.3, 0.4) is 0 Å². The lowest BCUT2D eigenvalue weighted by molar-refractivity contribution is -0.123. The summed E-state index contributed by atoms with van der Waals surface area (Å²) in [5, 5.41) is 0. The second-order valence-corrected chi connectivity index (χ2v) is 5.04. The average Bonchev–Trinajstić information content (AvgIpc) is 2.69. The maximum Gasteiger partial charge on any atom is 0.137 e. The lowest BCUT2D eigenvalue weighted by atomic mass is 9.72. The van der Waals surface area contributed by atoms with Crippen molar-refractivity contribution in [2.75, 3.05) is 0 Å². The molecular formula is C11H17NO2. The van der Waals surface area contributed by atoms with Crippen LogP contribution in [-0.4, -0.2) is 24.0 Å². The van der Waals surface area contributed by atoms with Gasteiger partial charge in [-0.3, -0.25) is 4.79 Å². The number of carbonyl (C=O) groups is 1. The van der Waals surface area contributed by atoms with Crippen molar-refractivity contribution >= 4 is 5.78 Å². The molecular weight excluding hydrogens is 178 g/mol. The number of rotatable bonds is 1. The summed E-state index contributed by atoms with van der Waals surface area (Å²) in [7, 11) is 0. The smallest absolute Gasteiger partial charge is 0.137 e. The van der Waals surface area contributed by atoms with Gasteiger partial charge in [-0.1, -0.05) is 6.42 Å². The zero-order chi connectivity index (χ0) is 9.87. The molecule has 3 fully saturated rings. The van der Waals surface area contributed by atoms with Gasteiger partial charge in [0.25, 0.3) is 0 Å². The monoisotopic (exact) mass is 195 g/mol. The Balaban J connectivity index is 1.91. The van der Waals surface area contributed by atoms with Crippen molar-refractivity contribution in [3.8, 4) is 0 Å². The van der Waals surface area contributed by atoms with Crippen molar-refractivity contribution in [2.45, 2.75) is 44.4 Å². The first-order valence-corrected chi connectivity index (χ1v) is 5.61. The number of nitrogens with two attached hydrogens (primary N) is 1. The van der Waals surface area contributed by atoms with Crippen LogP contribution in [-0.2, 0) is 9.53 Å². The van der Waals surface area contributed by atoms with Gasteiger partial charge in [0, 0.05) is 6.04 Å². The van der Waals surface area contributed by atoms with Gasteiger partial charge in [0.15, 0.2) is 0 Å². The first-order chi connectivity index (χ1) is 6.70. The van der Waals surface area contributed by atoms with Gasteiger partial charge in [0.1, 0.15) is 5.78 Å². The van der Waals surface area contributed by atoms with E-state index in [1.165, 1.54) is 19.3 Å². The Kier molecular flexibility index (Phi) is 1.77. The second kappa shape index (κ2) is 2.80. The van der Waals surface area contributed by atoms with E-state index >= 15 is 0 Å². The molecule has 14 heavy (non-hydrogen) atoms. The fourth-order valence-electron chi connectivity index (χ4n) is 3.87. The minimum absolute atomic E-state index is 0.0145. The molecule has 1 aliphatic carbocycles. The summed E-state index contributed by atoms with van der Waals surface area (Å²) in [5.41, 5.74) is 6.08. The van der Waals surface area contributed by atoms with Crippen molar-refractivity contribution in [1.82, 2.24) is 0 Å². The number of fused-ring (bicyclic) bond motifs is 5. The van der Waals surface area contributed by atoms with Crippen LogP contribution >= 0.6 is 0 Å². The Morgan fingerprint density at radius 2 is 1.93 bits per heavy atom. The highest BCUT2D eigenvalue weighted by Crippen LogP contribution is 2.53. The molecule has 3 heteroatoms. The molecule has 3 aliphatic rings. The molecule has 2 bridgehead atoms. The van der Waals surface area contributed by atoms with E-state index in [1.807, 2.05) is 0 Å². The Morgan fingerprint density at radius 1 is 1.29 bits per heavy atom. The Hall–Kier alpha value is -0.410. The van der Waals surface area contributed by atoms with E-state index in [2.05, 4.69) is 0 Å². The van der Waals surface area contributed by atoms with Gasteiger partial charge in [0.2, 0.25) is 0 Å². The molecule has 3 rings (SSSR count). The van der Waals surface area contributed by atoms with Crippen molar-refractivity contribution in [1.29, 1.82) is 0 Å². The van der Waals surface area contributed by atoms with Crippen molar-refractivity contribution in [2.24, 2.45) is 23.5 Å². The normalized spacial score (nSPS) is 55.0. The molecule has 0 aromatic rings. The Bertz CT molecular complexity index is 278. The molecule has 3 nitrogen and oxygen atoms in total. The molecule has 2 heterocycles. The summed E-state index contributed by atoms with van der Waals surface area (Å²) in [6, 6.07) is -0.0307. The second-order valence-electron chi connectivity index (χ2n) is 5.04. The number of ether oxygens (including phenoxy) is 1. The Morgan fingerprint density at radius 3 is 2.57 bits per heavy atom. The standard InChI is InChI=1S/C11H17NO2/c1-5(13)8-9(12)11-7-4-2-3-6(7)10(8)14-11/h6-11H,2-4,12H2,1H3. The lowest BCUT2D eigenvalue weighted by Crippen LogP contribution is -2.49. The minimum atomic E-state index is -0.0307. The van der Waals surface area contributed by atoms with Crippen LogP contribution in [0.4, 0.5) is 0 Å². The van der Waals surface area contributed by atoms with Gasteiger partial charge >= 0.3 is 0 Å². The predicted octanol–water partition coefficient (Wildman–Crippen LogP) is 0.716. The lowest BCUT2D eigenvalue weighted by Gasteiger charge is -2.31. The summed E-state index contributed by atoms with van der Waals surface area (Å²) in [4.78, 5) is 11.5. The Labute approximate surface area is 84.0 Å². The van der Waals surface area contributed by atoms with E-state index in [0.717, 1.165) is 0 Å². The van der Waals surface area contributed by atoms with Crippen LogP contribution in [0.1, 0.15) is 26.2 Å². The number of hydrogen-bond donors (Lipinski definition) is 1. The molecule has 0 amide bonds. The number of Topliss-reactive ketones (excluding diaryl/α,β-unsaturated/α-hetero) is 1. The van der Waals surface area contributed by atoms with E-state index in [-0.39, 0.29) is 30.0 Å². The molecule has 1 saturated carbocycles. The van der Waals surface area contributed by atoms with E-state index in [9.17, 15) is 4.79 Å². The average molecular weight is 195 g/mol. The highest BCUT2D eigenvalue weighted by atomic mass is 16.5. The van der Waals surface area contributed by atoms with Gasteiger partial charge < -0.3 is 10.5 Å². The highest BCUT2D eigenvalue weighted by Gasteiger charge is 2.60. The van der Waals surface area contributed by atoms with Crippen LogP contribution in [0.15, 0.2) is 0 Å². The van der Waals surface area contributed by atoms with Crippen LogP contribution in [0.25, 0.3) is 0 Å². The molecule has 0 aromatic carbocycles. The molecule has 2 saturated heterocycles. The molecule has 6 unspecified atom stereocenters. The van der Waals surface area contributed by atoms with E-state index in [1.54, 1.807) is 6.92 Å². The van der Waals surface area contributed by atoms with Gasteiger partial charge in [-0.15, -0.1) is 0 Å². The molecule has 0 aromatic heterocycles. The summed E-state index contributed by atoms with van der Waals surface area (Å²) < 4.78 is 5.88. The fraction of sp³-hybridized carbons (Fsp3) is 0.909. The third-order valence-corrected chi connectivity index (χ3v) is 4.40. The maximum absolute atomic E-state index is 11.5. The first-order valence-electron chi connectivity index (χ1n) is 5.61. The van der Waals surface area contributed by atoms with Crippen molar-refractivity contribution in [3.05, 3.63) is 0 Å². The molecule has 0 spiro atoms. The van der Waals surface area contributed by atoms with E-state index in [0.29, 0.717) is 11.8 Å². The first kappa shape index (κ1) is 8.86. The summed E-state index contributed by atoms with van der Waals surface area (Å²) in [5.74, 6) is 1.49. The highest BCUT2D eigenvalue weighted by molar-refractivity contribution is 5.80. The topological polar surface area (TPSA) is 52.3 Å². The number of carbonyl (C=O) groups excluding carboxylic acids is 1. The van der Waals surface area contributed by atoms with Crippen LogP contribution in [0.5, 0.6) is 0 Å². The summed E-state index contributed by atoms with van der Waals surface area (Å²) in [6.45, 7) is 1.65. The zero-order valence-electron chi connectivity index (χ0n) is 8.48. The zero-order valence-corrected chi connectivity index (χ0v) is 8.48. The summed E-state index contributed by atoms with van der Waals surface area (Å²) >= 11 is 0. The maximum atomic E-state index is 11.5. The third kappa shape index (κ3) is 0.920. The third-order valence-electron chi connectivity index (χ3n) is 4.40. The van der Waals surface area contributed by atoms with Crippen LogP contribution in [0.2, 0.25) is 0 Å². The van der Waals surface area contributed by atoms with Gasteiger partial charge in [-0.2, -0.15) is 0 Å².